The first kappa shape index (κ1) is 19.1. The molecule has 1 aliphatic heterocycles. The number of hydrogen-bond acceptors (Lipinski definition) is 3. The number of para-hydroxylation sites is 1. The molecule has 1 aromatic rings. The molecule has 0 aromatic heterocycles. The van der Waals surface area contributed by atoms with E-state index in [-0.39, 0.29) is 18.0 Å². The van der Waals surface area contributed by atoms with Gasteiger partial charge in [-0.2, -0.15) is 0 Å². The molecule has 2 N–H and O–H groups in total. The third kappa shape index (κ3) is 5.66. The van der Waals surface area contributed by atoms with Gasteiger partial charge in [0.1, 0.15) is 0 Å². The van der Waals surface area contributed by atoms with Crippen LogP contribution in [0.4, 0.5) is 10.5 Å². The molecule has 2 rings (SSSR count). The summed E-state index contributed by atoms with van der Waals surface area (Å²) in [7, 11) is 3.70. The van der Waals surface area contributed by atoms with Gasteiger partial charge in [0.15, 0.2) is 0 Å². The predicted molar refractivity (Wildman–Crippen MR) is 101 cm³/mol. The van der Waals surface area contributed by atoms with Gasteiger partial charge in [-0.15, -0.1) is 0 Å². The zero-order chi connectivity index (χ0) is 18.2. The van der Waals surface area contributed by atoms with E-state index in [2.05, 4.69) is 34.6 Å². The van der Waals surface area contributed by atoms with Crippen molar-refractivity contribution in [3.63, 3.8) is 0 Å². The number of nitrogens with zero attached hydrogens (tertiary/aromatic N) is 2. The van der Waals surface area contributed by atoms with E-state index in [1.54, 1.807) is 7.05 Å². The predicted octanol–water partition coefficient (Wildman–Crippen LogP) is 2.07. The molecular weight excluding hydrogens is 316 g/mol. The summed E-state index contributed by atoms with van der Waals surface area (Å²) in [6, 6.07) is 10.4. The Morgan fingerprint density at radius 3 is 2.48 bits per heavy atom. The SMILES string of the molecule is CNC(=O)CC1CCN(C(=O)NC[C@@H](C)N(C)c2ccccc2)CC1. The molecular formula is C19H30N4O2. The lowest BCUT2D eigenvalue weighted by Crippen LogP contribution is -2.48. The van der Waals surface area contributed by atoms with Crippen LogP contribution in [0.25, 0.3) is 0 Å². The van der Waals surface area contributed by atoms with Crippen molar-refractivity contribution in [1.82, 2.24) is 15.5 Å². The normalized spacial score (nSPS) is 16.2. The zero-order valence-corrected chi connectivity index (χ0v) is 15.5. The van der Waals surface area contributed by atoms with E-state index in [1.165, 1.54) is 0 Å². The van der Waals surface area contributed by atoms with Crippen LogP contribution < -0.4 is 15.5 Å². The number of piperidine rings is 1. The topological polar surface area (TPSA) is 64.7 Å². The van der Waals surface area contributed by atoms with Crippen LogP contribution in [0.1, 0.15) is 26.2 Å². The van der Waals surface area contributed by atoms with Crippen molar-refractivity contribution in [1.29, 1.82) is 0 Å². The van der Waals surface area contributed by atoms with Crippen LogP contribution in [0.3, 0.4) is 0 Å². The Kier molecular flexibility index (Phi) is 7.10. The highest BCUT2D eigenvalue weighted by molar-refractivity contribution is 5.76. The zero-order valence-electron chi connectivity index (χ0n) is 15.5. The van der Waals surface area contributed by atoms with E-state index in [0.29, 0.717) is 18.9 Å². The molecule has 1 fully saturated rings. The quantitative estimate of drug-likeness (QED) is 0.829. The van der Waals surface area contributed by atoms with Crippen molar-refractivity contribution in [2.75, 3.05) is 38.6 Å². The van der Waals surface area contributed by atoms with Crippen molar-refractivity contribution >= 4 is 17.6 Å². The van der Waals surface area contributed by atoms with Gasteiger partial charge in [0, 0.05) is 51.9 Å². The monoisotopic (exact) mass is 346 g/mol. The average molecular weight is 346 g/mol. The first-order valence-corrected chi connectivity index (χ1v) is 9.02. The minimum atomic E-state index is -0.00768. The van der Waals surface area contributed by atoms with E-state index in [9.17, 15) is 9.59 Å². The second kappa shape index (κ2) is 9.30. The van der Waals surface area contributed by atoms with Crippen LogP contribution in [0, 0.1) is 5.92 Å². The number of urea groups is 1. The number of rotatable bonds is 6. The number of likely N-dealkylation sites (tertiary alicyclic amines) is 1. The molecule has 0 aliphatic carbocycles. The molecule has 0 radical (unpaired) electrons. The summed E-state index contributed by atoms with van der Waals surface area (Å²) in [4.78, 5) is 27.8. The summed E-state index contributed by atoms with van der Waals surface area (Å²) >= 11 is 0. The maximum absolute atomic E-state index is 12.4. The number of anilines is 1. The van der Waals surface area contributed by atoms with Gasteiger partial charge < -0.3 is 20.4 Å². The van der Waals surface area contributed by atoms with Gasteiger partial charge in [-0.1, -0.05) is 18.2 Å². The minimum Gasteiger partial charge on any atom is -0.370 e. The number of likely N-dealkylation sites (N-methyl/N-ethyl adjacent to an activating group) is 1. The molecule has 1 atom stereocenters. The third-order valence-corrected chi connectivity index (χ3v) is 5.03. The number of amides is 3. The van der Waals surface area contributed by atoms with Crippen molar-refractivity contribution < 1.29 is 9.59 Å². The van der Waals surface area contributed by atoms with Crippen molar-refractivity contribution in [2.24, 2.45) is 5.92 Å². The van der Waals surface area contributed by atoms with Crippen molar-refractivity contribution in [2.45, 2.75) is 32.2 Å². The highest BCUT2D eigenvalue weighted by atomic mass is 16.2. The number of benzene rings is 1. The highest BCUT2D eigenvalue weighted by Gasteiger charge is 2.24. The maximum atomic E-state index is 12.4. The standard InChI is InChI=1S/C19H30N4O2/c1-15(22(3)17-7-5-4-6-8-17)14-21-19(25)23-11-9-16(10-12-23)13-18(24)20-2/h4-8,15-16H,9-14H2,1-3H3,(H,20,24)(H,21,25)/t15-/m1/s1. The summed E-state index contributed by atoms with van der Waals surface area (Å²) in [5, 5.41) is 5.70. The third-order valence-electron chi connectivity index (χ3n) is 5.03. The Hall–Kier alpha value is -2.24. The van der Waals surface area contributed by atoms with Gasteiger partial charge in [0.2, 0.25) is 5.91 Å². The van der Waals surface area contributed by atoms with Crippen molar-refractivity contribution in [3.05, 3.63) is 30.3 Å². The lowest BCUT2D eigenvalue weighted by Gasteiger charge is -2.33. The summed E-state index contributed by atoms with van der Waals surface area (Å²) in [6.07, 6.45) is 2.34. The lowest BCUT2D eigenvalue weighted by atomic mass is 9.93. The maximum Gasteiger partial charge on any atom is 0.317 e. The van der Waals surface area contributed by atoms with Crippen LogP contribution in [-0.4, -0.2) is 56.6 Å². The smallest absolute Gasteiger partial charge is 0.317 e. The molecule has 1 heterocycles. The highest BCUT2D eigenvalue weighted by Crippen LogP contribution is 2.20. The summed E-state index contributed by atoms with van der Waals surface area (Å²) in [6.45, 7) is 4.14. The van der Waals surface area contributed by atoms with E-state index < -0.39 is 0 Å². The first-order chi connectivity index (χ1) is 12.0. The van der Waals surface area contributed by atoms with E-state index >= 15 is 0 Å². The molecule has 0 spiro atoms. The second-order valence-corrected chi connectivity index (χ2v) is 6.79. The molecule has 1 saturated heterocycles. The first-order valence-electron chi connectivity index (χ1n) is 9.02. The Labute approximate surface area is 150 Å². The Morgan fingerprint density at radius 2 is 1.88 bits per heavy atom. The lowest BCUT2D eigenvalue weighted by molar-refractivity contribution is -0.121. The number of carbonyl (C=O) groups excluding carboxylic acids is 2. The molecule has 6 nitrogen and oxygen atoms in total. The molecule has 3 amide bonds. The molecule has 1 aromatic carbocycles. The summed E-state index contributed by atoms with van der Waals surface area (Å²) in [5.41, 5.74) is 1.14. The van der Waals surface area contributed by atoms with Gasteiger partial charge in [-0.3, -0.25) is 4.79 Å². The fourth-order valence-corrected chi connectivity index (χ4v) is 3.11. The fraction of sp³-hybridized carbons (Fsp3) is 0.579. The molecule has 138 valence electrons. The van der Waals surface area contributed by atoms with Gasteiger partial charge in [0.25, 0.3) is 0 Å². The number of carbonyl (C=O) groups is 2. The summed E-state index contributed by atoms with van der Waals surface area (Å²) in [5.74, 6) is 0.466. The van der Waals surface area contributed by atoms with Crippen LogP contribution in [0.15, 0.2) is 30.3 Å². The summed E-state index contributed by atoms with van der Waals surface area (Å²) < 4.78 is 0. The van der Waals surface area contributed by atoms with Crippen LogP contribution in [0.5, 0.6) is 0 Å². The van der Waals surface area contributed by atoms with Gasteiger partial charge in [0.05, 0.1) is 0 Å². The molecule has 0 saturated carbocycles. The fourth-order valence-electron chi connectivity index (χ4n) is 3.11. The molecule has 0 unspecified atom stereocenters. The van der Waals surface area contributed by atoms with Gasteiger partial charge in [-0.05, 0) is 37.8 Å². The van der Waals surface area contributed by atoms with Crippen LogP contribution in [-0.2, 0) is 4.79 Å². The van der Waals surface area contributed by atoms with Crippen LogP contribution >= 0.6 is 0 Å². The van der Waals surface area contributed by atoms with E-state index in [0.717, 1.165) is 31.6 Å². The minimum absolute atomic E-state index is 0.00768. The van der Waals surface area contributed by atoms with Crippen LogP contribution in [0.2, 0.25) is 0 Å². The van der Waals surface area contributed by atoms with Gasteiger partial charge >= 0.3 is 6.03 Å². The van der Waals surface area contributed by atoms with E-state index in [1.807, 2.05) is 30.1 Å². The molecule has 25 heavy (non-hydrogen) atoms. The molecule has 0 bridgehead atoms. The average Bonchev–Trinajstić information content (AvgIpc) is 2.66. The Bertz CT molecular complexity index is 556. The largest absolute Gasteiger partial charge is 0.370 e. The Morgan fingerprint density at radius 1 is 1.24 bits per heavy atom. The van der Waals surface area contributed by atoms with E-state index in [4.69, 9.17) is 0 Å². The van der Waals surface area contributed by atoms with Gasteiger partial charge in [-0.25, -0.2) is 4.79 Å². The van der Waals surface area contributed by atoms with Crippen molar-refractivity contribution in [3.8, 4) is 0 Å². The number of hydrogen-bond donors (Lipinski definition) is 2. The number of nitrogens with one attached hydrogen (secondary N) is 2. The second-order valence-electron chi connectivity index (χ2n) is 6.79. The molecule has 6 heteroatoms. The molecule has 1 aliphatic rings. The Balaban J connectivity index is 1.73.